The van der Waals surface area contributed by atoms with Gasteiger partial charge in [-0.1, -0.05) is 0 Å². The molecule has 27 heavy (non-hydrogen) atoms. The number of alkyl halides is 2. The smallest absolute Gasteiger partial charge is 0.263 e. The van der Waals surface area contributed by atoms with Crippen molar-refractivity contribution in [2.45, 2.75) is 6.92 Å². The van der Waals surface area contributed by atoms with Crippen molar-refractivity contribution in [3.8, 4) is 11.5 Å². The minimum atomic E-state index is 0.321. The van der Waals surface area contributed by atoms with Crippen LogP contribution in [0, 0.1) is 6.92 Å². The SMILES string of the molecule is COc1cc(N(CCCl)CCCl)c(OC)cc1C=NNc1nnc(C)n1N. The third kappa shape index (κ3) is 5.08. The van der Waals surface area contributed by atoms with Crippen molar-refractivity contribution < 1.29 is 9.47 Å². The molecule has 0 aliphatic rings. The molecule has 0 spiro atoms. The summed E-state index contributed by atoms with van der Waals surface area (Å²) in [6.45, 7) is 3.00. The van der Waals surface area contributed by atoms with Crippen LogP contribution in [-0.2, 0) is 0 Å². The summed E-state index contributed by atoms with van der Waals surface area (Å²) in [5, 5.41) is 11.9. The molecule has 0 radical (unpaired) electrons. The van der Waals surface area contributed by atoms with Crippen molar-refractivity contribution in [2.75, 3.05) is 55.2 Å². The van der Waals surface area contributed by atoms with E-state index in [2.05, 4.69) is 20.7 Å². The monoisotopic (exact) mass is 415 g/mol. The maximum atomic E-state index is 5.91. The van der Waals surface area contributed by atoms with E-state index >= 15 is 0 Å². The minimum absolute atomic E-state index is 0.321. The molecule has 148 valence electrons. The lowest BCUT2D eigenvalue weighted by Crippen LogP contribution is -2.28. The van der Waals surface area contributed by atoms with Crippen molar-refractivity contribution in [1.29, 1.82) is 0 Å². The van der Waals surface area contributed by atoms with Gasteiger partial charge in [0, 0.05) is 36.5 Å². The zero-order valence-electron chi connectivity index (χ0n) is 15.4. The van der Waals surface area contributed by atoms with Gasteiger partial charge in [-0.15, -0.1) is 33.4 Å². The highest BCUT2D eigenvalue weighted by molar-refractivity contribution is 6.18. The van der Waals surface area contributed by atoms with Crippen molar-refractivity contribution in [3.63, 3.8) is 0 Å². The Hall–Kier alpha value is -2.39. The highest BCUT2D eigenvalue weighted by atomic mass is 35.5. The second-order valence-corrected chi connectivity index (χ2v) is 6.20. The van der Waals surface area contributed by atoms with E-state index in [1.807, 2.05) is 17.0 Å². The Morgan fingerprint density at radius 2 is 1.85 bits per heavy atom. The van der Waals surface area contributed by atoms with E-state index < -0.39 is 0 Å². The van der Waals surface area contributed by atoms with Crippen LogP contribution in [0.3, 0.4) is 0 Å². The molecule has 0 bridgehead atoms. The summed E-state index contributed by atoms with van der Waals surface area (Å²) in [4.78, 5) is 2.04. The molecule has 1 aromatic heterocycles. The minimum Gasteiger partial charge on any atom is -0.496 e. The van der Waals surface area contributed by atoms with Crippen LogP contribution in [0.15, 0.2) is 17.2 Å². The quantitative estimate of drug-likeness (QED) is 0.265. The summed E-state index contributed by atoms with van der Waals surface area (Å²) in [7, 11) is 3.19. The molecule has 0 aliphatic carbocycles. The average Bonchev–Trinajstić information content (AvgIpc) is 2.99. The van der Waals surface area contributed by atoms with Crippen molar-refractivity contribution in [2.24, 2.45) is 5.10 Å². The van der Waals surface area contributed by atoms with Gasteiger partial charge in [-0.25, -0.2) is 10.1 Å². The van der Waals surface area contributed by atoms with E-state index in [-0.39, 0.29) is 0 Å². The van der Waals surface area contributed by atoms with Crippen LogP contribution in [0.4, 0.5) is 11.6 Å². The number of hydrazone groups is 1. The first-order chi connectivity index (χ1) is 13.0. The van der Waals surface area contributed by atoms with Crippen LogP contribution >= 0.6 is 23.2 Å². The Morgan fingerprint density at radius 3 is 2.37 bits per heavy atom. The van der Waals surface area contributed by atoms with Gasteiger partial charge >= 0.3 is 0 Å². The number of benzene rings is 1. The number of hydrogen-bond donors (Lipinski definition) is 2. The topological polar surface area (TPSA) is 103 Å². The molecular weight excluding hydrogens is 393 g/mol. The summed E-state index contributed by atoms with van der Waals surface area (Å²) in [6, 6.07) is 3.70. The lowest BCUT2D eigenvalue weighted by atomic mass is 10.1. The van der Waals surface area contributed by atoms with Crippen LogP contribution in [-0.4, -0.2) is 60.2 Å². The molecule has 0 aliphatic heterocycles. The lowest BCUT2D eigenvalue weighted by Gasteiger charge is -2.26. The molecule has 2 rings (SSSR count). The van der Waals surface area contributed by atoms with E-state index in [4.69, 9.17) is 38.5 Å². The molecule has 0 atom stereocenters. The first-order valence-electron chi connectivity index (χ1n) is 8.14. The Labute approximate surface area is 168 Å². The Morgan fingerprint density at radius 1 is 1.19 bits per heavy atom. The molecule has 0 fully saturated rings. The highest BCUT2D eigenvalue weighted by Crippen LogP contribution is 2.35. The molecule has 0 saturated heterocycles. The molecule has 1 heterocycles. The number of aryl methyl sites for hydroxylation is 1. The summed E-state index contributed by atoms with van der Waals surface area (Å²) in [5.74, 6) is 8.88. The summed E-state index contributed by atoms with van der Waals surface area (Å²) in [5.41, 5.74) is 4.30. The average molecular weight is 416 g/mol. The number of aromatic nitrogens is 3. The maximum absolute atomic E-state index is 5.91. The molecule has 0 amide bonds. The summed E-state index contributed by atoms with van der Waals surface area (Å²) >= 11 is 11.8. The molecule has 0 saturated carbocycles. The second-order valence-electron chi connectivity index (χ2n) is 5.44. The number of hydrogen-bond acceptors (Lipinski definition) is 8. The number of nitrogens with one attached hydrogen (secondary N) is 1. The number of ether oxygens (including phenoxy) is 2. The van der Waals surface area contributed by atoms with Crippen LogP contribution in [0.5, 0.6) is 11.5 Å². The fourth-order valence-corrected chi connectivity index (χ4v) is 2.82. The molecule has 9 nitrogen and oxygen atoms in total. The number of nitrogen functional groups attached to an aromatic ring is 1. The van der Waals surface area contributed by atoms with Crippen LogP contribution in [0.1, 0.15) is 11.4 Å². The predicted molar refractivity (Wildman–Crippen MR) is 109 cm³/mol. The number of methoxy groups -OCH3 is 2. The van der Waals surface area contributed by atoms with Crippen LogP contribution in [0.25, 0.3) is 0 Å². The zero-order chi connectivity index (χ0) is 19.8. The Balaban J connectivity index is 2.31. The molecule has 11 heteroatoms. The van der Waals surface area contributed by atoms with E-state index in [0.717, 1.165) is 5.69 Å². The molecule has 0 unspecified atom stereocenters. The van der Waals surface area contributed by atoms with Gasteiger partial charge in [0.05, 0.1) is 26.1 Å². The predicted octanol–water partition coefficient (Wildman–Crippen LogP) is 2.05. The third-order valence-electron chi connectivity index (χ3n) is 3.82. The number of nitrogens with zero attached hydrogens (tertiary/aromatic N) is 5. The van der Waals surface area contributed by atoms with Gasteiger partial charge in [0.15, 0.2) is 5.82 Å². The first kappa shape index (κ1) is 20.9. The fraction of sp³-hybridized carbons (Fsp3) is 0.438. The molecular formula is C16H23Cl2N7O2. The lowest BCUT2D eigenvalue weighted by molar-refractivity contribution is 0.402. The Kier molecular flexibility index (Phi) is 7.81. The summed E-state index contributed by atoms with van der Waals surface area (Å²) in [6.07, 6.45) is 1.59. The normalized spacial score (nSPS) is 11.0. The maximum Gasteiger partial charge on any atom is 0.263 e. The zero-order valence-corrected chi connectivity index (χ0v) is 17.0. The van der Waals surface area contributed by atoms with Crippen LogP contribution < -0.4 is 25.6 Å². The number of nitrogens with two attached hydrogens (primary N) is 1. The van der Waals surface area contributed by atoms with Gasteiger partial charge in [-0.05, 0) is 13.0 Å². The fourth-order valence-electron chi connectivity index (χ4n) is 2.42. The third-order valence-corrected chi connectivity index (χ3v) is 4.15. The van der Waals surface area contributed by atoms with Crippen LogP contribution in [0.2, 0.25) is 0 Å². The summed E-state index contributed by atoms with van der Waals surface area (Å²) < 4.78 is 12.3. The standard InChI is InChI=1S/C16H23Cl2N7O2/c1-11-21-23-16(25(11)19)22-20-10-12-8-15(27-3)13(9-14(12)26-2)24(6-4-17)7-5-18/h8-10H,4-7,19H2,1-3H3,(H,22,23). The number of rotatable bonds is 10. The van der Waals surface area contributed by atoms with Crippen molar-refractivity contribution in [3.05, 3.63) is 23.5 Å². The Bertz CT molecular complexity index is 776. The van der Waals surface area contributed by atoms with E-state index in [0.29, 0.717) is 53.7 Å². The van der Waals surface area contributed by atoms with Gasteiger partial charge in [-0.3, -0.25) is 0 Å². The van der Waals surface area contributed by atoms with Gasteiger partial charge in [0.1, 0.15) is 11.5 Å². The van der Waals surface area contributed by atoms with Gasteiger partial charge < -0.3 is 20.2 Å². The second kappa shape index (κ2) is 10.1. The number of anilines is 2. The molecule has 3 N–H and O–H groups in total. The highest BCUT2D eigenvalue weighted by Gasteiger charge is 2.16. The van der Waals surface area contributed by atoms with Gasteiger partial charge in [0.25, 0.3) is 5.95 Å². The largest absolute Gasteiger partial charge is 0.496 e. The van der Waals surface area contributed by atoms with Crippen molar-refractivity contribution in [1.82, 2.24) is 14.9 Å². The van der Waals surface area contributed by atoms with E-state index in [1.165, 1.54) is 4.68 Å². The van der Waals surface area contributed by atoms with Gasteiger partial charge in [-0.2, -0.15) is 5.10 Å². The first-order valence-corrected chi connectivity index (χ1v) is 9.21. The molecule has 2 aromatic rings. The van der Waals surface area contributed by atoms with E-state index in [1.54, 1.807) is 27.4 Å². The van der Waals surface area contributed by atoms with Crippen molar-refractivity contribution >= 4 is 41.1 Å². The van der Waals surface area contributed by atoms with Gasteiger partial charge in [0.2, 0.25) is 0 Å². The molecule has 1 aromatic carbocycles. The number of halogens is 2. The van der Waals surface area contributed by atoms with E-state index in [9.17, 15) is 0 Å².